The Morgan fingerprint density at radius 1 is 1.07 bits per heavy atom. The number of carbonyl (C=O) groups excluding carboxylic acids is 2. The second kappa shape index (κ2) is 9.54. The fraction of sp³-hybridized carbons (Fsp3) is 0.261. The lowest BCUT2D eigenvalue weighted by Crippen LogP contribution is -2.51. The van der Waals surface area contributed by atoms with Crippen molar-refractivity contribution in [1.29, 1.82) is 0 Å². The number of ether oxygens (including phenoxy) is 1. The summed E-state index contributed by atoms with van der Waals surface area (Å²) in [5.74, 6) is -0.979. The molecule has 1 N–H and O–H groups in total. The Morgan fingerprint density at radius 2 is 1.70 bits per heavy atom. The molecule has 0 fully saturated rings. The normalized spacial score (nSPS) is 12.6. The van der Waals surface area contributed by atoms with Gasteiger partial charge in [-0.2, -0.15) is 0 Å². The number of hydrogen-bond acceptors (Lipinski definition) is 6. The fourth-order valence-electron chi connectivity index (χ4n) is 3.10. The maximum atomic E-state index is 13.7. The summed E-state index contributed by atoms with van der Waals surface area (Å²) in [6.07, 6.45) is 0. The number of aromatic nitrogens is 1. The molecule has 0 spiro atoms. The topological polar surface area (TPSA) is 71.5 Å². The largest absolute Gasteiger partial charge is 0.465 e. The smallest absolute Gasteiger partial charge is 0.327 e. The number of hydrogen-bond donors (Lipinski definition) is 1. The van der Waals surface area contributed by atoms with Crippen LogP contribution in [0.2, 0.25) is 0 Å². The number of esters is 1. The lowest BCUT2D eigenvalue weighted by Gasteiger charge is -2.31. The number of rotatable bonds is 8. The third-order valence-electron chi connectivity index (χ3n) is 4.78. The van der Waals surface area contributed by atoms with Crippen LogP contribution in [0.4, 0.5) is 16.5 Å². The average Bonchev–Trinajstić information content (AvgIpc) is 3.24. The number of amides is 1. The molecule has 1 heterocycles. The van der Waals surface area contributed by atoms with Crippen LogP contribution in [-0.4, -0.2) is 30.0 Å². The van der Waals surface area contributed by atoms with Crippen LogP contribution in [0.3, 0.4) is 0 Å². The van der Waals surface area contributed by atoms with E-state index in [4.69, 9.17) is 4.74 Å². The lowest BCUT2D eigenvalue weighted by molar-refractivity contribution is -0.153. The van der Waals surface area contributed by atoms with E-state index in [0.29, 0.717) is 17.4 Å². The van der Waals surface area contributed by atoms with E-state index < -0.39 is 11.4 Å². The molecule has 3 aromatic rings. The van der Waals surface area contributed by atoms with Crippen LogP contribution in [0.15, 0.2) is 66.0 Å². The van der Waals surface area contributed by atoms with Gasteiger partial charge in [0.25, 0.3) is 0 Å². The highest BCUT2D eigenvalue weighted by Crippen LogP contribution is 2.33. The van der Waals surface area contributed by atoms with E-state index in [1.165, 1.54) is 11.3 Å². The van der Waals surface area contributed by atoms with E-state index in [9.17, 15) is 9.59 Å². The van der Waals surface area contributed by atoms with Crippen molar-refractivity contribution in [1.82, 2.24) is 4.98 Å². The molecule has 2 aromatic carbocycles. The van der Waals surface area contributed by atoms with Gasteiger partial charge in [0, 0.05) is 23.3 Å². The zero-order chi connectivity index (χ0) is 21.6. The van der Waals surface area contributed by atoms with Gasteiger partial charge in [0.2, 0.25) is 5.91 Å². The van der Waals surface area contributed by atoms with Crippen molar-refractivity contribution >= 4 is 39.7 Å². The van der Waals surface area contributed by atoms with Crippen molar-refractivity contribution in [3.05, 3.63) is 71.7 Å². The Labute approximate surface area is 180 Å². The first-order chi connectivity index (χ1) is 14.5. The van der Waals surface area contributed by atoms with Crippen LogP contribution < -0.4 is 10.2 Å². The number of nitrogens with zero attached hydrogens (tertiary/aromatic N) is 2. The molecular formula is C23H25N3O3S. The number of benzene rings is 2. The predicted octanol–water partition coefficient (Wildman–Crippen LogP) is 4.76. The summed E-state index contributed by atoms with van der Waals surface area (Å²) in [7, 11) is 0. The molecule has 0 saturated heterocycles. The minimum Gasteiger partial charge on any atom is -0.465 e. The molecule has 0 aliphatic carbocycles. The molecule has 1 unspecified atom stereocenters. The highest BCUT2D eigenvalue weighted by Gasteiger charge is 2.49. The average molecular weight is 424 g/mol. The molecule has 6 nitrogen and oxygen atoms in total. The zero-order valence-corrected chi connectivity index (χ0v) is 18.1. The third-order valence-corrected chi connectivity index (χ3v) is 5.54. The summed E-state index contributed by atoms with van der Waals surface area (Å²) in [5.41, 5.74) is 0.402. The van der Waals surface area contributed by atoms with Crippen LogP contribution >= 0.6 is 11.3 Å². The molecule has 0 bridgehead atoms. The van der Waals surface area contributed by atoms with Gasteiger partial charge in [-0.3, -0.25) is 9.59 Å². The number of para-hydroxylation sites is 2. The molecular weight excluding hydrogens is 398 g/mol. The van der Waals surface area contributed by atoms with Gasteiger partial charge in [0.15, 0.2) is 10.5 Å². The zero-order valence-electron chi connectivity index (χ0n) is 17.3. The number of thiazole rings is 1. The van der Waals surface area contributed by atoms with Gasteiger partial charge in [-0.15, -0.1) is 11.3 Å². The van der Waals surface area contributed by atoms with E-state index in [0.717, 1.165) is 11.4 Å². The van der Waals surface area contributed by atoms with Crippen molar-refractivity contribution in [2.75, 3.05) is 23.4 Å². The number of carbonyl (C=O) groups is 2. The van der Waals surface area contributed by atoms with Gasteiger partial charge in [-0.05, 0) is 45.0 Å². The molecule has 0 radical (unpaired) electrons. The Kier molecular flexibility index (Phi) is 6.84. The summed E-state index contributed by atoms with van der Waals surface area (Å²) >= 11 is 1.34. The SMILES string of the molecule is CCOC(=O)C(C)(C(=O)N(CC)c1ccccc1)c1csc(Nc2ccccc2)n1. The molecule has 7 heteroatoms. The van der Waals surface area contributed by atoms with Crippen molar-refractivity contribution in [3.8, 4) is 0 Å². The highest BCUT2D eigenvalue weighted by atomic mass is 32.1. The summed E-state index contributed by atoms with van der Waals surface area (Å²) < 4.78 is 5.30. The van der Waals surface area contributed by atoms with Crippen LogP contribution in [0.25, 0.3) is 0 Å². The number of anilines is 3. The second-order valence-electron chi connectivity index (χ2n) is 6.76. The Balaban J connectivity index is 1.97. The Bertz CT molecular complexity index is 991. The van der Waals surface area contributed by atoms with Crippen molar-refractivity contribution < 1.29 is 14.3 Å². The maximum absolute atomic E-state index is 13.7. The fourth-order valence-corrected chi connectivity index (χ4v) is 3.94. The number of nitrogens with one attached hydrogen (secondary N) is 1. The van der Waals surface area contributed by atoms with Gasteiger partial charge in [-0.25, -0.2) is 4.98 Å². The summed E-state index contributed by atoms with van der Waals surface area (Å²) in [4.78, 5) is 32.8. The van der Waals surface area contributed by atoms with Crippen LogP contribution in [0.1, 0.15) is 26.5 Å². The first-order valence-corrected chi connectivity index (χ1v) is 10.7. The summed E-state index contributed by atoms with van der Waals surface area (Å²) in [6, 6.07) is 18.9. The van der Waals surface area contributed by atoms with Crippen molar-refractivity contribution in [2.45, 2.75) is 26.2 Å². The summed E-state index contributed by atoms with van der Waals surface area (Å²) in [5, 5.41) is 5.55. The molecule has 0 aliphatic rings. The lowest BCUT2D eigenvalue weighted by atomic mass is 9.85. The van der Waals surface area contributed by atoms with Crippen LogP contribution in [0.5, 0.6) is 0 Å². The van der Waals surface area contributed by atoms with E-state index in [-0.39, 0.29) is 12.5 Å². The number of likely N-dealkylation sites (N-methyl/N-ethyl adjacent to an activating group) is 1. The highest BCUT2D eigenvalue weighted by molar-refractivity contribution is 7.13. The van der Waals surface area contributed by atoms with E-state index in [1.54, 1.807) is 24.1 Å². The quantitative estimate of drug-likeness (QED) is 0.418. The molecule has 1 atom stereocenters. The standard InChI is InChI=1S/C23H25N3O3S/c1-4-26(18-14-10-7-11-15-18)20(27)23(3,21(28)29-5-2)19-16-30-22(25-19)24-17-12-8-6-9-13-17/h6-16H,4-5H2,1-3H3,(H,24,25). The molecule has 1 aromatic heterocycles. The van der Waals surface area contributed by atoms with E-state index in [1.807, 2.05) is 67.6 Å². The third kappa shape index (κ3) is 4.36. The van der Waals surface area contributed by atoms with Gasteiger partial charge < -0.3 is 15.0 Å². The summed E-state index contributed by atoms with van der Waals surface area (Å²) in [6.45, 7) is 5.77. The molecule has 30 heavy (non-hydrogen) atoms. The first-order valence-electron chi connectivity index (χ1n) is 9.83. The first kappa shape index (κ1) is 21.5. The Morgan fingerprint density at radius 3 is 2.30 bits per heavy atom. The molecule has 1 amide bonds. The minimum atomic E-state index is -1.56. The van der Waals surface area contributed by atoms with E-state index in [2.05, 4.69) is 10.3 Å². The van der Waals surface area contributed by atoms with Gasteiger partial charge >= 0.3 is 5.97 Å². The van der Waals surface area contributed by atoms with Gasteiger partial charge in [0.1, 0.15) is 0 Å². The van der Waals surface area contributed by atoms with Crippen molar-refractivity contribution in [2.24, 2.45) is 0 Å². The second-order valence-corrected chi connectivity index (χ2v) is 7.62. The van der Waals surface area contributed by atoms with Gasteiger partial charge in [0.05, 0.1) is 12.3 Å². The predicted molar refractivity (Wildman–Crippen MR) is 120 cm³/mol. The molecule has 156 valence electrons. The van der Waals surface area contributed by atoms with Crippen LogP contribution in [-0.2, 0) is 19.7 Å². The Hall–Kier alpha value is -3.19. The molecule has 3 rings (SSSR count). The molecule has 0 aliphatic heterocycles. The monoisotopic (exact) mass is 423 g/mol. The van der Waals surface area contributed by atoms with Gasteiger partial charge in [-0.1, -0.05) is 36.4 Å². The molecule has 0 saturated carbocycles. The van der Waals surface area contributed by atoms with E-state index >= 15 is 0 Å². The maximum Gasteiger partial charge on any atom is 0.327 e. The van der Waals surface area contributed by atoms with Crippen molar-refractivity contribution in [3.63, 3.8) is 0 Å². The minimum absolute atomic E-state index is 0.179. The van der Waals surface area contributed by atoms with Crippen LogP contribution in [0, 0.1) is 0 Å².